The van der Waals surface area contributed by atoms with Gasteiger partial charge >= 0.3 is 0 Å². The molecular weight excluding hydrogens is 338 g/mol. The number of benzene rings is 1. The number of amides is 1. The molecule has 0 spiro atoms. The lowest BCUT2D eigenvalue weighted by Gasteiger charge is -2.07. The van der Waals surface area contributed by atoms with Gasteiger partial charge in [0.1, 0.15) is 0 Å². The number of hydrogen-bond donors (Lipinski definition) is 1. The highest BCUT2D eigenvalue weighted by atomic mass is 32.2. The maximum Gasteiger partial charge on any atom is 0.252 e. The zero-order valence-electron chi connectivity index (χ0n) is 13.7. The van der Waals surface area contributed by atoms with Crippen molar-refractivity contribution < 1.29 is 4.79 Å². The first-order valence-corrected chi connectivity index (χ1v) is 9.70. The molecule has 0 bridgehead atoms. The molecule has 0 unspecified atom stereocenters. The summed E-state index contributed by atoms with van der Waals surface area (Å²) in [7, 11) is 1.92. The standard InChI is InChI=1S/C18H19N3OS2/c1-21-12-13(11-20-21)16-8-7-14(24-16)9-10-19-18(22)15-5-3-4-6-17(15)23-2/h3-8,11-12H,9-10H2,1-2H3,(H,19,22). The van der Waals surface area contributed by atoms with Gasteiger partial charge in [-0.15, -0.1) is 23.1 Å². The number of aromatic nitrogens is 2. The van der Waals surface area contributed by atoms with Gasteiger partial charge in [0.15, 0.2) is 0 Å². The Morgan fingerprint density at radius 1 is 1.29 bits per heavy atom. The van der Waals surface area contributed by atoms with Crippen LogP contribution in [0, 0.1) is 0 Å². The summed E-state index contributed by atoms with van der Waals surface area (Å²) >= 11 is 3.34. The molecule has 0 radical (unpaired) electrons. The second-order valence-electron chi connectivity index (χ2n) is 5.37. The number of carbonyl (C=O) groups excluding carboxylic acids is 1. The molecule has 0 atom stereocenters. The van der Waals surface area contributed by atoms with E-state index in [1.807, 2.05) is 50.0 Å². The second-order valence-corrected chi connectivity index (χ2v) is 7.39. The van der Waals surface area contributed by atoms with Crippen LogP contribution in [0.5, 0.6) is 0 Å². The minimum absolute atomic E-state index is 0.0102. The van der Waals surface area contributed by atoms with E-state index >= 15 is 0 Å². The highest BCUT2D eigenvalue weighted by Gasteiger charge is 2.10. The second kappa shape index (κ2) is 7.68. The van der Waals surface area contributed by atoms with Crippen LogP contribution in [0.3, 0.4) is 0 Å². The number of thioether (sulfide) groups is 1. The van der Waals surface area contributed by atoms with Crippen LogP contribution in [-0.4, -0.2) is 28.5 Å². The lowest BCUT2D eigenvalue weighted by atomic mass is 10.2. The topological polar surface area (TPSA) is 46.9 Å². The molecule has 3 rings (SSSR count). The molecule has 4 nitrogen and oxygen atoms in total. The molecule has 0 aliphatic heterocycles. The van der Waals surface area contributed by atoms with Crippen LogP contribution < -0.4 is 5.32 Å². The molecule has 0 aliphatic rings. The van der Waals surface area contributed by atoms with Crippen LogP contribution >= 0.6 is 23.1 Å². The third kappa shape index (κ3) is 3.88. The van der Waals surface area contributed by atoms with Crippen molar-refractivity contribution in [3.63, 3.8) is 0 Å². The number of rotatable bonds is 6. The summed E-state index contributed by atoms with van der Waals surface area (Å²) in [4.78, 5) is 15.8. The van der Waals surface area contributed by atoms with E-state index < -0.39 is 0 Å². The normalized spacial score (nSPS) is 10.8. The Balaban J connectivity index is 1.57. The molecule has 3 aromatic rings. The van der Waals surface area contributed by atoms with Gasteiger partial charge in [0.25, 0.3) is 5.91 Å². The quantitative estimate of drug-likeness (QED) is 0.682. The highest BCUT2D eigenvalue weighted by Crippen LogP contribution is 2.27. The first kappa shape index (κ1) is 16.8. The molecule has 0 fully saturated rings. The Labute approximate surface area is 149 Å². The first-order valence-electron chi connectivity index (χ1n) is 7.66. The van der Waals surface area contributed by atoms with Crippen LogP contribution in [-0.2, 0) is 13.5 Å². The predicted octanol–water partition coefficient (Wildman–Crippen LogP) is 3.84. The maximum absolute atomic E-state index is 12.3. The van der Waals surface area contributed by atoms with E-state index in [4.69, 9.17) is 0 Å². The predicted molar refractivity (Wildman–Crippen MR) is 101 cm³/mol. The van der Waals surface area contributed by atoms with Crippen molar-refractivity contribution in [2.75, 3.05) is 12.8 Å². The van der Waals surface area contributed by atoms with E-state index in [1.165, 1.54) is 9.75 Å². The van der Waals surface area contributed by atoms with Crippen LogP contribution in [0.25, 0.3) is 10.4 Å². The third-order valence-electron chi connectivity index (χ3n) is 3.66. The zero-order chi connectivity index (χ0) is 16.9. The molecule has 1 N–H and O–H groups in total. The summed E-state index contributed by atoms with van der Waals surface area (Å²) in [6.45, 7) is 0.633. The summed E-state index contributed by atoms with van der Waals surface area (Å²) < 4.78 is 1.80. The molecule has 1 aromatic carbocycles. The van der Waals surface area contributed by atoms with E-state index in [9.17, 15) is 4.79 Å². The Kier molecular flexibility index (Phi) is 5.37. The van der Waals surface area contributed by atoms with E-state index in [2.05, 4.69) is 22.5 Å². The molecule has 124 valence electrons. The average Bonchev–Trinajstić information content (AvgIpc) is 3.23. The van der Waals surface area contributed by atoms with Gasteiger partial charge in [-0.1, -0.05) is 12.1 Å². The molecular formula is C18H19N3OS2. The number of aryl methyl sites for hydroxylation is 1. The SMILES string of the molecule is CSc1ccccc1C(=O)NCCc1ccc(-c2cnn(C)c2)s1. The molecule has 6 heteroatoms. The van der Waals surface area contributed by atoms with Crippen LogP contribution in [0.2, 0.25) is 0 Å². The van der Waals surface area contributed by atoms with Gasteiger partial charge in [-0.25, -0.2) is 0 Å². The molecule has 24 heavy (non-hydrogen) atoms. The average molecular weight is 358 g/mol. The molecule has 2 aromatic heterocycles. The first-order chi connectivity index (χ1) is 11.7. The highest BCUT2D eigenvalue weighted by molar-refractivity contribution is 7.98. The molecule has 2 heterocycles. The van der Waals surface area contributed by atoms with Gasteiger partial charge in [0, 0.05) is 40.0 Å². The smallest absolute Gasteiger partial charge is 0.252 e. The van der Waals surface area contributed by atoms with Crippen molar-refractivity contribution in [1.29, 1.82) is 0 Å². The fourth-order valence-electron chi connectivity index (χ4n) is 2.44. The van der Waals surface area contributed by atoms with Crippen molar-refractivity contribution in [1.82, 2.24) is 15.1 Å². The largest absolute Gasteiger partial charge is 0.352 e. The van der Waals surface area contributed by atoms with Crippen molar-refractivity contribution in [3.05, 3.63) is 59.2 Å². The summed E-state index contributed by atoms with van der Waals surface area (Å²) in [5.74, 6) is -0.0102. The van der Waals surface area contributed by atoms with E-state index in [0.717, 1.165) is 22.4 Å². The number of thiophene rings is 1. The molecule has 0 saturated carbocycles. The van der Waals surface area contributed by atoms with E-state index in [1.54, 1.807) is 27.8 Å². The number of nitrogens with zero attached hydrogens (tertiary/aromatic N) is 2. The van der Waals surface area contributed by atoms with Gasteiger partial charge in [0.05, 0.1) is 11.8 Å². The summed E-state index contributed by atoms with van der Waals surface area (Å²) in [6, 6.07) is 11.9. The number of carbonyl (C=O) groups is 1. The van der Waals surface area contributed by atoms with Crippen LogP contribution in [0.4, 0.5) is 0 Å². The Morgan fingerprint density at radius 3 is 2.88 bits per heavy atom. The van der Waals surface area contributed by atoms with E-state index in [-0.39, 0.29) is 5.91 Å². The van der Waals surface area contributed by atoms with Crippen LogP contribution in [0.15, 0.2) is 53.7 Å². The lowest BCUT2D eigenvalue weighted by Crippen LogP contribution is -2.25. The summed E-state index contributed by atoms with van der Waals surface area (Å²) in [5, 5.41) is 7.22. The van der Waals surface area contributed by atoms with Crippen molar-refractivity contribution in [2.45, 2.75) is 11.3 Å². The minimum Gasteiger partial charge on any atom is -0.352 e. The van der Waals surface area contributed by atoms with Crippen molar-refractivity contribution in [3.8, 4) is 10.4 Å². The van der Waals surface area contributed by atoms with Gasteiger partial charge in [-0.2, -0.15) is 5.10 Å². The van der Waals surface area contributed by atoms with Crippen molar-refractivity contribution >= 4 is 29.0 Å². The Bertz CT molecular complexity index is 838. The van der Waals surface area contributed by atoms with Gasteiger partial charge in [-0.3, -0.25) is 9.48 Å². The Hall–Kier alpha value is -2.05. The Morgan fingerprint density at radius 2 is 2.12 bits per heavy atom. The molecule has 1 amide bonds. The minimum atomic E-state index is -0.0102. The summed E-state index contributed by atoms with van der Waals surface area (Å²) in [6.07, 6.45) is 6.70. The third-order valence-corrected chi connectivity index (χ3v) is 5.65. The van der Waals surface area contributed by atoms with Gasteiger partial charge in [-0.05, 0) is 36.9 Å². The number of nitrogens with one attached hydrogen (secondary N) is 1. The molecule has 0 saturated heterocycles. The lowest BCUT2D eigenvalue weighted by molar-refractivity contribution is 0.0951. The zero-order valence-corrected chi connectivity index (χ0v) is 15.3. The monoisotopic (exact) mass is 357 g/mol. The van der Waals surface area contributed by atoms with Crippen molar-refractivity contribution in [2.24, 2.45) is 7.05 Å². The van der Waals surface area contributed by atoms with Gasteiger partial charge < -0.3 is 5.32 Å². The summed E-state index contributed by atoms with van der Waals surface area (Å²) in [5.41, 5.74) is 1.87. The number of hydrogen-bond acceptors (Lipinski definition) is 4. The fraction of sp³-hybridized carbons (Fsp3) is 0.222. The van der Waals surface area contributed by atoms with E-state index in [0.29, 0.717) is 6.54 Å². The van der Waals surface area contributed by atoms with Crippen LogP contribution in [0.1, 0.15) is 15.2 Å². The maximum atomic E-state index is 12.3. The fourth-order valence-corrected chi connectivity index (χ4v) is 4.02. The molecule has 0 aliphatic carbocycles. The van der Waals surface area contributed by atoms with Gasteiger partial charge in [0.2, 0.25) is 0 Å².